The second kappa shape index (κ2) is 4.73. The Bertz CT molecular complexity index is 512. The van der Waals surface area contributed by atoms with Crippen LogP contribution in [0.2, 0.25) is 0 Å². The fourth-order valence-electron chi connectivity index (χ4n) is 1.01. The molecular formula is C9H13NO5S2. The molecule has 17 heavy (non-hydrogen) atoms. The number of carbonyl (C=O) groups is 1. The van der Waals surface area contributed by atoms with Crippen molar-refractivity contribution >= 4 is 27.3 Å². The van der Waals surface area contributed by atoms with E-state index in [0.29, 0.717) is 0 Å². The Balaban J connectivity index is 2.98. The molecule has 0 saturated carbocycles. The monoisotopic (exact) mass is 279 g/mol. The van der Waals surface area contributed by atoms with Gasteiger partial charge in [-0.3, -0.25) is 0 Å². The number of carboxylic acid groups (broad SMARTS) is 1. The summed E-state index contributed by atoms with van der Waals surface area (Å²) >= 11 is 0.837. The number of thiophene rings is 1. The molecule has 1 rings (SSSR count). The maximum atomic E-state index is 11.8. The van der Waals surface area contributed by atoms with Gasteiger partial charge in [-0.25, -0.2) is 17.9 Å². The maximum absolute atomic E-state index is 11.8. The van der Waals surface area contributed by atoms with Crippen LogP contribution < -0.4 is 4.72 Å². The molecule has 0 aromatic carbocycles. The molecule has 0 radical (unpaired) electrons. The highest BCUT2D eigenvalue weighted by Gasteiger charge is 2.25. The maximum Gasteiger partial charge on any atom is 0.347 e. The molecule has 1 aromatic heterocycles. The first-order valence-electron chi connectivity index (χ1n) is 4.66. The van der Waals surface area contributed by atoms with Crippen molar-refractivity contribution in [2.45, 2.75) is 24.3 Å². The van der Waals surface area contributed by atoms with Gasteiger partial charge in [0.1, 0.15) is 9.77 Å². The minimum absolute atomic E-state index is 0.190. The SMILES string of the molecule is CC(C)(O)CNS(=O)(=O)c1ccsc1C(=O)O. The molecule has 0 aliphatic carbocycles. The first-order valence-corrected chi connectivity index (χ1v) is 7.02. The standard InChI is InChI=1S/C9H13NO5S2/c1-9(2,13)5-10-17(14,15)6-3-4-16-7(6)8(11)12/h3-4,10,13H,5H2,1-2H3,(H,11,12). The third-order valence-electron chi connectivity index (χ3n) is 1.81. The highest BCUT2D eigenvalue weighted by molar-refractivity contribution is 7.89. The molecule has 3 N–H and O–H groups in total. The van der Waals surface area contributed by atoms with Crippen molar-refractivity contribution in [2.24, 2.45) is 0 Å². The molecule has 0 atom stereocenters. The summed E-state index contributed by atoms with van der Waals surface area (Å²) in [5.41, 5.74) is -1.20. The number of nitrogens with one attached hydrogen (secondary N) is 1. The highest BCUT2D eigenvalue weighted by atomic mass is 32.2. The molecule has 0 unspecified atom stereocenters. The first kappa shape index (κ1) is 14.1. The number of hydrogen-bond acceptors (Lipinski definition) is 5. The number of hydrogen-bond donors (Lipinski definition) is 3. The lowest BCUT2D eigenvalue weighted by molar-refractivity contribution is 0.0698. The number of aliphatic hydroxyl groups is 1. The summed E-state index contributed by atoms with van der Waals surface area (Å²) in [6, 6.07) is 1.22. The first-order chi connectivity index (χ1) is 7.63. The van der Waals surface area contributed by atoms with Crippen LogP contribution in [-0.4, -0.2) is 36.7 Å². The number of carboxylic acids is 1. The summed E-state index contributed by atoms with van der Waals surface area (Å²) in [4.78, 5) is 10.3. The van der Waals surface area contributed by atoms with Crippen LogP contribution in [0, 0.1) is 0 Å². The molecule has 1 aromatic rings. The van der Waals surface area contributed by atoms with Crippen LogP contribution in [0.15, 0.2) is 16.3 Å². The fourth-order valence-corrected chi connectivity index (χ4v) is 3.48. The van der Waals surface area contributed by atoms with Crippen molar-refractivity contribution in [1.82, 2.24) is 4.72 Å². The van der Waals surface area contributed by atoms with Crippen LogP contribution in [0.25, 0.3) is 0 Å². The zero-order chi connectivity index (χ0) is 13.3. The van der Waals surface area contributed by atoms with Crippen molar-refractivity contribution < 1.29 is 23.4 Å². The second-order valence-corrected chi connectivity index (χ2v) is 6.71. The summed E-state index contributed by atoms with van der Waals surface area (Å²) < 4.78 is 25.7. The summed E-state index contributed by atoms with van der Waals surface area (Å²) in [6.45, 7) is 2.70. The van der Waals surface area contributed by atoms with Gasteiger partial charge < -0.3 is 10.2 Å². The van der Waals surface area contributed by atoms with E-state index < -0.39 is 21.6 Å². The smallest absolute Gasteiger partial charge is 0.347 e. The number of rotatable bonds is 5. The van der Waals surface area contributed by atoms with E-state index in [-0.39, 0.29) is 16.3 Å². The summed E-state index contributed by atoms with van der Waals surface area (Å²) in [7, 11) is -3.91. The van der Waals surface area contributed by atoms with Crippen LogP contribution in [0.3, 0.4) is 0 Å². The second-order valence-electron chi connectivity index (χ2n) is 4.06. The topological polar surface area (TPSA) is 104 Å². The number of aromatic carboxylic acids is 1. The Morgan fingerprint density at radius 2 is 2.12 bits per heavy atom. The summed E-state index contributed by atoms with van der Waals surface area (Å²) in [6.07, 6.45) is 0. The highest BCUT2D eigenvalue weighted by Crippen LogP contribution is 2.21. The van der Waals surface area contributed by atoms with E-state index in [9.17, 15) is 18.3 Å². The third kappa shape index (κ3) is 3.77. The third-order valence-corrected chi connectivity index (χ3v) is 4.28. The molecule has 0 amide bonds. The Labute approximate surface area is 103 Å². The van der Waals surface area contributed by atoms with E-state index >= 15 is 0 Å². The summed E-state index contributed by atoms with van der Waals surface area (Å²) in [5, 5.41) is 19.6. The van der Waals surface area contributed by atoms with Gasteiger partial charge in [0.05, 0.1) is 5.60 Å². The van der Waals surface area contributed by atoms with Gasteiger partial charge in [0.15, 0.2) is 0 Å². The lowest BCUT2D eigenvalue weighted by Crippen LogP contribution is -2.38. The molecule has 0 aliphatic heterocycles. The van der Waals surface area contributed by atoms with Crippen LogP contribution in [0.1, 0.15) is 23.5 Å². The van der Waals surface area contributed by atoms with Crippen molar-refractivity contribution in [3.05, 3.63) is 16.3 Å². The lowest BCUT2D eigenvalue weighted by Gasteiger charge is -2.17. The average molecular weight is 279 g/mol. The molecule has 96 valence electrons. The zero-order valence-electron chi connectivity index (χ0n) is 9.30. The largest absolute Gasteiger partial charge is 0.477 e. The van der Waals surface area contributed by atoms with Crippen LogP contribution in [-0.2, 0) is 10.0 Å². The van der Waals surface area contributed by atoms with Gasteiger partial charge in [0, 0.05) is 6.54 Å². The fraction of sp³-hybridized carbons (Fsp3) is 0.444. The van der Waals surface area contributed by atoms with E-state index in [1.807, 2.05) is 0 Å². The molecular weight excluding hydrogens is 266 g/mol. The Morgan fingerprint density at radius 1 is 1.53 bits per heavy atom. The molecule has 1 heterocycles. The average Bonchev–Trinajstić information content (AvgIpc) is 2.62. The van der Waals surface area contributed by atoms with Crippen molar-refractivity contribution in [3.8, 4) is 0 Å². The quantitative estimate of drug-likeness (QED) is 0.728. The van der Waals surface area contributed by atoms with Gasteiger partial charge in [-0.15, -0.1) is 11.3 Å². The van der Waals surface area contributed by atoms with Crippen LogP contribution in [0.4, 0.5) is 0 Å². The molecule has 0 saturated heterocycles. The Morgan fingerprint density at radius 3 is 2.59 bits per heavy atom. The van der Waals surface area contributed by atoms with Crippen LogP contribution in [0.5, 0.6) is 0 Å². The van der Waals surface area contributed by atoms with E-state index in [1.165, 1.54) is 25.3 Å². The molecule has 6 nitrogen and oxygen atoms in total. The van der Waals surface area contributed by atoms with E-state index in [1.54, 1.807) is 0 Å². The predicted octanol–water partition coefficient (Wildman–Crippen LogP) is 0.496. The van der Waals surface area contributed by atoms with Gasteiger partial charge >= 0.3 is 5.97 Å². The van der Waals surface area contributed by atoms with Crippen molar-refractivity contribution in [1.29, 1.82) is 0 Å². The minimum Gasteiger partial charge on any atom is -0.477 e. The molecule has 0 spiro atoms. The predicted molar refractivity (Wildman–Crippen MR) is 62.8 cm³/mol. The number of sulfonamides is 1. The van der Waals surface area contributed by atoms with E-state index in [2.05, 4.69) is 4.72 Å². The Kier molecular flexibility index (Phi) is 3.92. The van der Waals surface area contributed by atoms with Crippen LogP contribution >= 0.6 is 11.3 Å². The van der Waals surface area contributed by atoms with Gasteiger partial charge in [-0.05, 0) is 25.3 Å². The van der Waals surface area contributed by atoms with Gasteiger partial charge in [-0.1, -0.05) is 0 Å². The normalized spacial score (nSPS) is 12.6. The van der Waals surface area contributed by atoms with E-state index in [0.717, 1.165) is 11.3 Å². The lowest BCUT2D eigenvalue weighted by atomic mass is 10.1. The van der Waals surface area contributed by atoms with Gasteiger partial charge in [0.25, 0.3) is 0 Å². The van der Waals surface area contributed by atoms with Crippen molar-refractivity contribution in [3.63, 3.8) is 0 Å². The van der Waals surface area contributed by atoms with E-state index in [4.69, 9.17) is 5.11 Å². The summed E-state index contributed by atoms with van der Waals surface area (Å²) in [5.74, 6) is -1.29. The minimum atomic E-state index is -3.91. The molecule has 0 fully saturated rings. The van der Waals surface area contributed by atoms with Gasteiger partial charge in [0.2, 0.25) is 10.0 Å². The molecule has 8 heteroatoms. The molecule has 0 bridgehead atoms. The Hall–Kier alpha value is -0.960. The van der Waals surface area contributed by atoms with Crippen molar-refractivity contribution in [2.75, 3.05) is 6.54 Å². The molecule has 0 aliphatic rings. The zero-order valence-corrected chi connectivity index (χ0v) is 10.9. The van der Waals surface area contributed by atoms with Gasteiger partial charge in [-0.2, -0.15) is 0 Å².